The molecule has 0 aromatic heterocycles. The molecule has 0 bridgehead atoms. The third kappa shape index (κ3) is 4.35. The number of hydrogen-bond acceptors (Lipinski definition) is 2. The van der Waals surface area contributed by atoms with Crippen molar-refractivity contribution >= 4 is 23.3 Å². The predicted octanol–water partition coefficient (Wildman–Crippen LogP) is 4.01. The molecule has 2 rings (SSSR count). The third-order valence-electron chi connectivity index (χ3n) is 4.09. The van der Waals surface area contributed by atoms with Crippen molar-refractivity contribution < 1.29 is 9.53 Å². The minimum atomic E-state index is -0.0759. The summed E-state index contributed by atoms with van der Waals surface area (Å²) in [5.74, 6) is 0.534. The lowest BCUT2D eigenvalue weighted by Crippen LogP contribution is -2.45. The highest BCUT2D eigenvalue weighted by Gasteiger charge is 2.31. The molecule has 5 heteroatoms. The molecule has 0 saturated heterocycles. The molecule has 4 nitrogen and oxygen atoms in total. The lowest BCUT2D eigenvalue weighted by molar-refractivity contribution is 0.126. The summed E-state index contributed by atoms with van der Waals surface area (Å²) in [6.07, 6.45) is 3.42. The van der Waals surface area contributed by atoms with E-state index < -0.39 is 0 Å². The van der Waals surface area contributed by atoms with Crippen LogP contribution in [0, 0.1) is 5.92 Å². The highest BCUT2D eigenvalue weighted by molar-refractivity contribution is 6.30. The van der Waals surface area contributed by atoms with Crippen LogP contribution < -0.4 is 5.32 Å². The monoisotopic (exact) mass is 310 g/mol. The zero-order valence-corrected chi connectivity index (χ0v) is 13.4. The Kier molecular flexibility index (Phi) is 5.88. The fraction of sp³-hybridized carbons (Fsp3) is 0.562. The SMILES string of the molecule is COCCN(C(=O)Nc1cccc(Cl)c1)[C@@H]1CCC[C@@H]1C. The molecule has 0 aliphatic heterocycles. The largest absolute Gasteiger partial charge is 0.383 e. The van der Waals surface area contributed by atoms with Crippen LogP contribution in [0.2, 0.25) is 5.02 Å². The summed E-state index contributed by atoms with van der Waals surface area (Å²) in [6, 6.07) is 7.43. The maximum atomic E-state index is 12.6. The smallest absolute Gasteiger partial charge is 0.322 e. The number of carbonyl (C=O) groups excluding carboxylic acids is 1. The fourth-order valence-corrected chi connectivity index (χ4v) is 3.15. The average molecular weight is 311 g/mol. The van der Waals surface area contributed by atoms with Gasteiger partial charge in [-0.1, -0.05) is 31.0 Å². The number of methoxy groups -OCH3 is 1. The maximum absolute atomic E-state index is 12.6. The molecule has 2 amide bonds. The molecule has 0 radical (unpaired) electrons. The molecule has 1 aliphatic rings. The molecule has 1 aromatic carbocycles. The van der Waals surface area contributed by atoms with Gasteiger partial charge in [0.25, 0.3) is 0 Å². The molecule has 116 valence electrons. The minimum absolute atomic E-state index is 0.0759. The number of anilines is 1. The van der Waals surface area contributed by atoms with Crippen molar-refractivity contribution in [2.24, 2.45) is 5.92 Å². The molecular formula is C16H23ClN2O2. The normalized spacial score (nSPS) is 21.3. The van der Waals surface area contributed by atoms with Crippen molar-refractivity contribution in [3.05, 3.63) is 29.3 Å². The molecule has 2 atom stereocenters. The van der Waals surface area contributed by atoms with Crippen molar-refractivity contribution in [3.63, 3.8) is 0 Å². The van der Waals surface area contributed by atoms with Crippen molar-refractivity contribution in [1.82, 2.24) is 4.90 Å². The first kappa shape index (κ1) is 16.1. The van der Waals surface area contributed by atoms with Gasteiger partial charge in [0, 0.05) is 30.4 Å². The van der Waals surface area contributed by atoms with Gasteiger partial charge >= 0.3 is 6.03 Å². The van der Waals surface area contributed by atoms with Crippen molar-refractivity contribution in [1.29, 1.82) is 0 Å². The van der Waals surface area contributed by atoms with E-state index in [-0.39, 0.29) is 6.03 Å². The number of halogens is 1. The van der Waals surface area contributed by atoms with E-state index in [1.807, 2.05) is 17.0 Å². The van der Waals surface area contributed by atoms with Gasteiger partial charge in [0.05, 0.1) is 6.61 Å². The number of benzene rings is 1. The van der Waals surface area contributed by atoms with E-state index in [1.165, 1.54) is 12.8 Å². The van der Waals surface area contributed by atoms with Gasteiger partial charge in [0.2, 0.25) is 0 Å². The maximum Gasteiger partial charge on any atom is 0.322 e. The predicted molar refractivity (Wildman–Crippen MR) is 85.9 cm³/mol. The molecule has 1 N–H and O–H groups in total. The first-order chi connectivity index (χ1) is 10.1. The number of urea groups is 1. The summed E-state index contributed by atoms with van der Waals surface area (Å²) < 4.78 is 5.14. The van der Waals surface area contributed by atoms with Gasteiger partial charge in [-0.05, 0) is 37.0 Å². The third-order valence-corrected chi connectivity index (χ3v) is 4.32. The Balaban J connectivity index is 2.06. The first-order valence-corrected chi connectivity index (χ1v) is 7.81. The highest BCUT2D eigenvalue weighted by Crippen LogP contribution is 2.30. The van der Waals surface area contributed by atoms with Gasteiger partial charge in [-0.3, -0.25) is 0 Å². The van der Waals surface area contributed by atoms with E-state index in [4.69, 9.17) is 16.3 Å². The Morgan fingerprint density at radius 3 is 2.90 bits per heavy atom. The summed E-state index contributed by atoms with van der Waals surface area (Å²) in [7, 11) is 1.66. The molecule has 0 unspecified atom stereocenters. The Morgan fingerprint density at radius 2 is 2.29 bits per heavy atom. The molecule has 1 aromatic rings. The molecule has 21 heavy (non-hydrogen) atoms. The van der Waals surface area contributed by atoms with Crippen LogP contribution in [0.1, 0.15) is 26.2 Å². The average Bonchev–Trinajstić information content (AvgIpc) is 2.86. The minimum Gasteiger partial charge on any atom is -0.383 e. The Morgan fingerprint density at radius 1 is 1.48 bits per heavy atom. The highest BCUT2D eigenvalue weighted by atomic mass is 35.5. The Bertz CT molecular complexity index is 481. The molecule has 1 aliphatic carbocycles. The van der Waals surface area contributed by atoms with Gasteiger partial charge in [0.1, 0.15) is 0 Å². The summed E-state index contributed by atoms with van der Waals surface area (Å²) >= 11 is 5.96. The Labute approximate surface area is 131 Å². The van der Waals surface area contributed by atoms with Gasteiger partial charge < -0.3 is 15.0 Å². The van der Waals surface area contributed by atoms with E-state index in [0.717, 1.165) is 12.1 Å². The van der Waals surface area contributed by atoms with Crippen molar-refractivity contribution in [2.45, 2.75) is 32.2 Å². The number of amides is 2. The molecular weight excluding hydrogens is 288 g/mol. The zero-order valence-electron chi connectivity index (χ0n) is 12.6. The number of nitrogens with one attached hydrogen (secondary N) is 1. The van der Waals surface area contributed by atoms with Gasteiger partial charge in [-0.2, -0.15) is 0 Å². The van der Waals surface area contributed by atoms with Gasteiger partial charge in [-0.15, -0.1) is 0 Å². The number of hydrogen-bond donors (Lipinski definition) is 1. The first-order valence-electron chi connectivity index (χ1n) is 7.44. The Hall–Kier alpha value is -1.26. The van der Waals surface area contributed by atoms with Crippen LogP contribution in [-0.4, -0.2) is 37.2 Å². The number of nitrogens with zero attached hydrogens (tertiary/aromatic N) is 1. The fourth-order valence-electron chi connectivity index (χ4n) is 2.96. The van der Waals surface area contributed by atoms with E-state index in [9.17, 15) is 4.79 Å². The molecule has 0 spiro atoms. The van der Waals surface area contributed by atoms with E-state index >= 15 is 0 Å². The van der Waals surface area contributed by atoms with Crippen LogP contribution in [0.15, 0.2) is 24.3 Å². The van der Waals surface area contributed by atoms with Crippen LogP contribution in [0.4, 0.5) is 10.5 Å². The van der Waals surface area contributed by atoms with E-state index in [2.05, 4.69) is 12.2 Å². The van der Waals surface area contributed by atoms with Crippen molar-refractivity contribution in [3.8, 4) is 0 Å². The zero-order chi connectivity index (χ0) is 15.2. The van der Waals surface area contributed by atoms with E-state index in [0.29, 0.717) is 30.1 Å². The number of carbonyl (C=O) groups is 1. The summed E-state index contributed by atoms with van der Waals surface area (Å²) in [6.45, 7) is 3.37. The number of rotatable bonds is 5. The van der Waals surface area contributed by atoms with Crippen LogP contribution in [0.3, 0.4) is 0 Å². The molecule has 0 heterocycles. The lowest BCUT2D eigenvalue weighted by atomic mass is 10.1. The topological polar surface area (TPSA) is 41.6 Å². The van der Waals surface area contributed by atoms with Gasteiger partial charge in [0.15, 0.2) is 0 Å². The standard InChI is InChI=1S/C16H23ClN2O2/c1-12-5-3-8-15(12)19(9-10-21-2)16(20)18-14-7-4-6-13(17)11-14/h4,6-7,11-12,15H,3,5,8-10H2,1-2H3,(H,18,20)/t12-,15+/m0/s1. The van der Waals surface area contributed by atoms with Crippen LogP contribution >= 0.6 is 11.6 Å². The molecule has 1 fully saturated rings. The van der Waals surface area contributed by atoms with Crippen LogP contribution in [0.25, 0.3) is 0 Å². The van der Waals surface area contributed by atoms with E-state index in [1.54, 1.807) is 19.2 Å². The second-order valence-corrected chi connectivity index (χ2v) is 6.04. The summed E-state index contributed by atoms with van der Waals surface area (Å²) in [5, 5.41) is 3.55. The number of ether oxygens (including phenoxy) is 1. The summed E-state index contributed by atoms with van der Waals surface area (Å²) in [5.41, 5.74) is 0.723. The quantitative estimate of drug-likeness (QED) is 0.893. The summed E-state index contributed by atoms with van der Waals surface area (Å²) in [4.78, 5) is 14.5. The molecule has 1 saturated carbocycles. The van der Waals surface area contributed by atoms with Gasteiger partial charge in [-0.25, -0.2) is 4.79 Å². The lowest BCUT2D eigenvalue weighted by Gasteiger charge is -2.31. The second kappa shape index (κ2) is 7.66. The van der Waals surface area contributed by atoms with Crippen molar-refractivity contribution in [2.75, 3.05) is 25.6 Å². The second-order valence-electron chi connectivity index (χ2n) is 5.60. The van der Waals surface area contributed by atoms with Crippen LogP contribution in [0.5, 0.6) is 0 Å². The van der Waals surface area contributed by atoms with Crippen LogP contribution in [-0.2, 0) is 4.74 Å².